The van der Waals surface area contributed by atoms with Gasteiger partial charge in [-0.05, 0) is 35.0 Å². The lowest BCUT2D eigenvalue weighted by molar-refractivity contribution is -0.151. The quantitative estimate of drug-likeness (QED) is 0.499. The van der Waals surface area contributed by atoms with Crippen molar-refractivity contribution in [3.05, 3.63) is 66.6 Å². The van der Waals surface area contributed by atoms with Crippen molar-refractivity contribution in [2.45, 2.75) is 4.90 Å². The number of fused-ring (bicyclic) bond motifs is 1. The minimum atomic E-state index is -3.70. The van der Waals surface area contributed by atoms with Crippen molar-refractivity contribution >= 4 is 38.6 Å². The average Bonchev–Trinajstić information content (AvgIpc) is 3.41. The molecule has 11 heteroatoms. The van der Waals surface area contributed by atoms with Gasteiger partial charge in [0.05, 0.1) is 11.2 Å². The van der Waals surface area contributed by atoms with Crippen LogP contribution in [0.3, 0.4) is 0 Å². The molecule has 1 saturated heterocycles. The molecule has 0 bridgehead atoms. The number of esters is 1. The number of carbonyl (C=O) groups is 3. The van der Waals surface area contributed by atoms with Gasteiger partial charge in [-0.1, -0.05) is 30.3 Å². The van der Waals surface area contributed by atoms with E-state index in [1.54, 1.807) is 24.3 Å². The molecule has 2 amide bonds. The molecular weight excluding hydrogens is 462 g/mol. The Hall–Kier alpha value is -3.70. The third-order valence-corrected chi connectivity index (χ3v) is 7.34. The monoisotopic (exact) mass is 485 g/mol. The lowest BCUT2D eigenvalue weighted by Gasteiger charge is -2.33. The first kappa shape index (κ1) is 23.5. The van der Waals surface area contributed by atoms with E-state index in [0.29, 0.717) is 0 Å². The van der Waals surface area contributed by atoms with Crippen LogP contribution in [0, 0.1) is 0 Å². The second-order valence-electron chi connectivity index (χ2n) is 7.61. The van der Waals surface area contributed by atoms with Gasteiger partial charge in [0, 0.05) is 26.2 Å². The molecule has 1 fully saturated rings. The maximum absolute atomic E-state index is 13.0. The van der Waals surface area contributed by atoms with Crippen LogP contribution < -0.4 is 5.32 Å². The summed E-state index contributed by atoms with van der Waals surface area (Å²) >= 11 is 0. The number of amides is 2. The van der Waals surface area contributed by atoms with Gasteiger partial charge in [-0.3, -0.25) is 14.4 Å². The number of rotatable bonds is 7. The van der Waals surface area contributed by atoms with E-state index in [9.17, 15) is 22.8 Å². The van der Waals surface area contributed by atoms with Crippen LogP contribution >= 0.6 is 0 Å². The molecule has 0 saturated carbocycles. The largest absolute Gasteiger partial charge is 0.459 e. The van der Waals surface area contributed by atoms with Crippen molar-refractivity contribution in [2.24, 2.45) is 0 Å². The van der Waals surface area contributed by atoms with Gasteiger partial charge in [-0.15, -0.1) is 0 Å². The Balaban J connectivity index is 1.25. The van der Waals surface area contributed by atoms with E-state index in [4.69, 9.17) is 9.15 Å². The summed E-state index contributed by atoms with van der Waals surface area (Å²) in [5.74, 6) is -1.73. The summed E-state index contributed by atoms with van der Waals surface area (Å²) in [5, 5.41) is 4.12. The van der Waals surface area contributed by atoms with Crippen LogP contribution in [0.1, 0.15) is 10.6 Å². The highest BCUT2D eigenvalue weighted by molar-refractivity contribution is 7.89. The van der Waals surface area contributed by atoms with E-state index in [1.165, 1.54) is 21.5 Å². The molecule has 4 rings (SSSR count). The smallest absolute Gasteiger partial charge is 0.325 e. The Morgan fingerprint density at radius 1 is 0.941 bits per heavy atom. The van der Waals surface area contributed by atoms with Gasteiger partial charge >= 0.3 is 5.97 Å². The van der Waals surface area contributed by atoms with Gasteiger partial charge in [0.25, 0.3) is 11.8 Å². The molecule has 1 aromatic heterocycles. The summed E-state index contributed by atoms with van der Waals surface area (Å²) in [4.78, 5) is 37.6. The fourth-order valence-corrected chi connectivity index (χ4v) is 5.04. The van der Waals surface area contributed by atoms with Gasteiger partial charge in [0.2, 0.25) is 10.0 Å². The van der Waals surface area contributed by atoms with Crippen molar-refractivity contribution in [1.29, 1.82) is 0 Å². The minimum Gasteiger partial charge on any atom is -0.459 e. The van der Waals surface area contributed by atoms with Crippen molar-refractivity contribution in [1.82, 2.24) is 14.5 Å². The van der Waals surface area contributed by atoms with E-state index in [1.807, 2.05) is 24.3 Å². The lowest BCUT2D eigenvalue weighted by atomic mass is 10.1. The zero-order valence-corrected chi connectivity index (χ0v) is 19.0. The molecule has 0 radical (unpaired) electrons. The molecule has 0 atom stereocenters. The summed E-state index contributed by atoms with van der Waals surface area (Å²) in [6.45, 7) is -0.281. The van der Waals surface area contributed by atoms with Crippen LogP contribution in [-0.4, -0.2) is 74.7 Å². The number of ether oxygens (including phenoxy) is 1. The van der Waals surface area contributed by atoms with E-state index in [0.717, 1.165) is 10.8 Å². The zero-order chi connectivity index (χ0) is 24.1. The summed E-state index contributed by atoms with van der Waals surface area (Å²) < 4.78 is 37.3. The van der Waals surface area contributed by atoms with Crippen LogP contribution in [0.5, 0.6) is 0 Å². The minimum absolute atomic E-state index is 0.0559. The molecule has 0 spiro atoms. The Kier molecular flexibility index (Phi) is 6.94. The number of benzene rings is 2. The normalized spacial score (nSPS) is 14.6. The molecule has 0 unspecified atom stereocenters. The van der Waals surface area contributed by atoms with Crippen molar-refractivity contribution < 1.29 is 32.0 Å². The Labute approximate surface area is 196 Å². The SMILES string of the molecule is O=C(CNC(=O)c1ccco1)OCC(=O)N1CCN(S(=O)(=O)c2ccc3ccccc3c2)CC1. The lowest BCUT2D eigenvalue weighted by Crippen LogP contribution is -2.51. The number of hydrogen-bond donors (Lipinski definition) is 1. The van der Waals surface area contributed by atoms with E-state index >= 15 is 0 Å². The molecular formula is C23H23N3O7S. The number of nitrogens with one attached hydrogen (secondary N) is 1. The second kappa shape index (κ2) is 10.1. The molecule has 1 N–H and O–H groups in total. The Morgan fingerprint density at radius 2 is 1.68 bits per heavy atom. The van der Waals surface area contributed by atoms with Gasteiger partial charge in [-0.25, -0.2) is 8.42 Å². The van der Waals surface area contributed by atoms with E-state index in [-0.39, 0.29) is 36.8 Å². The number of carbonyl (C=O) groups excluding carboxylic acids is 3. The first-order valence-corrected chi connectivity index (χ1v) is 12.0. The molecule has 3 aromatic rings. The van der Waals surface area contributed by atoms with Gasteiger partial charge in [0.1, 0.15) is 6.54 Å². The Morgan fingerprint density at radius 3 is 2.38 bits per heavy atom. The first-order chi connectivity index (χ1) is 16.3. The molecule has 1 aliphatic heterocycles. The van der Waals surface area contributed by atoms with Crippen LogP contribution in [0.25, 0.3) is 10.8 Å². The van der Waals surface area contributed by atoms with Gasteiger partial charge in [0.15, 0.2) is 12.4 Å². The maximum atomic E-state index is 13.0. The molecule has 10 nitrogen and oxygen atoms in total. The third kappa shape index (κ3) is 5.26. The molecule has 34 heavy (non-hydrogen) atoms. The number of furan rings is 1. The fraction of sp³-hybridized carbons (Fsp3) is 0.261. The summed E-state index contributed by atoms with van der Waals surface area (Å²) in [7, 11) is -3.70. The highest BCUT2D eigenvalue weighted by Crippen LogP contribution is 2.22. The molecule has 0 aliphatic carbocycles. The molecule has 1 aliphatic rings. The average molecular weight is 486 g/mol. The highest BCUT2D eigenvalue weighted by atomic mass is 32.2. The van der Waals surface area contributed by atoms with Crippen LogP contribution in [-0.2, 0) is 24.3 Å². The van der Waals surface area contributed by atoms with E-state index < -0.39 is 41.0 Å². The predicted molar refractivity (Wildman–Crippen MR) is 121 cm³/mol. The number of hydrogen-bond acceptors (Lipinski definition) is 7. The maximum Gasteiger partial charge on any atom is 0.325 e. The van der Waals surface area contributed by atoms with Crippen LogP contribution in [0.4, 0.5) is 0 Å². The van der Waals surface area contributed by atoms with E-state index in [2.05, 4.69) is 5.32 Å². The summed E-state index contributed by atoms with van der Waals surface area (Å²) in [5.41, 5.74) is 0. The number of nitrogens with zero attached hydrogens (tertiary/aromatic N) is 2. The Bertz CT molecular complexity index is 1300. The van der Waals surface area contributed by atoms with Crippen molar-refractivity contribution in [3.8, 4) is 0 Å². The summed E-state index contributed by atoms with van der Waals surface area (Å²) in [6, 6.07) is 15.5. The van der Waals surface area contributed by atoms with Crippen LogP contribution in [0.15, 0.2) is 70.2 Å². The van der Waals surface area contributed by atoms with Crippen molar-refractivity contribution in [3.63, 3.8) is 0 Å². The highest BCUT2D eigenvalue weighted by Gasteiger charge is 2.30. The zero-order valence-electron chi connectivity index (χ0n) is 18.2. The summed E-state index contributed by atoms with van der Waals surface area (Å²) in [6.07, 6.45) is 1.33. The molecule has 2 heterocycles. The topological polar surface area (TPSA) is 126 Å². The first-order valence-electron chi connectivity index (χ1n) is 10.6. The second-order valence-corrected chi connectivity index (χ2v) is 9.55. The third-order valence-electron chi connectivity index (χ3n) is 5.44. The van der Waals surface area contributed by atoms with Gasteiger partial charge < -0.3 is 19.4 Å². The number of sulfonamides is 1. The number of piperazine rings is 1. The van der Waals surface area contributed by atoms with Crippen molar-refractivity contribution in [2.75, 3.05) is 39.3 Å². The van der Waals surface area contributed by atoms with Gasteiger partial charge in [-0.2, -0.15) is 4.31 Å². The predicted octanol–water partition coefficient (Wildman–Crippen LogP) is 1.24. The fourth-order valence-electron chi connectivity index (χ4n) is 3.59. The van der Waals surface area contributed by atoms with Crippen LogP contribution in [0.2, 0.25) is 0 Å². The molecule has 2 aromatic carbocycles. The molecule has 178 valence electrons. The standard InChI is InChI=1S/C23H23N3O7S/c27-21(16-33-22(28)15-24-23(29)20-6-3-13-32-20)25-9-11-26(12-10-25)34(30,31)19-8-7-17-4-1-2-5-18(17)14-19/h1-8,13-14H,9-12,15-16H2,(H,24,29).